The molecule has 0 saturated heterocycles. The fourth-order valence-corrected chi connectivity index (χ4v) is 2.39. The van der Waals surface area contributed by atoms with Crippen molar-refractivity contribution in [1.29, 1.82) is 0 Å². The number of aromatic nitrogens is 1. The predicted octanol–water partition coefficient (Wildman–Crippen LogP) is 3.26. The smallest absolute Gasteiger partial charge is 0.340 e. The van der Waals surface area contributed by atoms with E-state index in [1.807, 2.05) is 0 Å². The number of esters is 1. The van der Waals surface area contributed by atoms with Gasteiger partial charge in [0.25, 0.3) is 5.69 Å². The van der Waals surface area contributed by atoms with Crippen molar-refractivity contribution in [2.45, 2.75) is 6.61 Å². The van der Waals surface area contributed by atoms with Crippen LogP contribution < -0.4 is 5.32 Å². The Kier molecular flexibility index (Phi) is 6.02. The fraction of sp³-hybridized carbons (Fsp3) is 0.222. The Balaban J connectivity index is 1.71. The summed E-state index contributed by atoms with van der Waals surface area (Å²) in [6.07, 6.45) is 1.50. The highest BCUT2D eigenvalue weighted by Gasteiger charge is 2.19. The van der Waals surface area contributed by atoms with Gasteiger partial charge in [0.1, 0.15) is 12.3 Å². The van der Waals surface area contributed by atoms with Crippen molar-refractivity contribution in [3.63, 3.8) is 0 Å². The van der Waals surface area contributed by atoms with Gasteiger partial charge >= 0.3 is 5.97 Å². The lowest BCUT2D eigenvalue weighted by molar-refractivity contribution is -0.384. The van der Waals surface area contributed by atoms with Gasteiger partial charge < -0.3 is 23.7 Å². The van der Waals surface area contributed by atoms with Gasteiger partial charge in [0.05, 0.1) is 23.4 Å². The Labute approximate surface area is 159 Å². The van der Waals surface area contributed by atoms with Crippen LogP contribution in [0.25, 0.3) is 11.5 Å². The van der Waals surface area contributed by atoms with E-state index >= 15 is 0 Å². The molecule has 0 saturated carbocycles. The molecule has 2 aromatic heterocycles. The third-order valence-corrected chi connectivity index (χ3v) is 3.73. The molecule has 1 aromatic carbocycles. The highest BCUT2D eigenvalue weighted by Crippen LogP contribution is 2.24. The number of ether oxygens (including phenoxy) is 2. The molecule has 146 valence electrons. The molecule has 0 amide bonds. The molecule has 28 heavy (non-hydrogen) atoms. The molecule has 0 unspecified atom stereocenters. The molecule has 0 fully saturated rings. The number of non-ortho nitro benzene ring substituents is 1. The van der Waals surface area contributed by atoms with Crippen LogP contribution >= 0.6 is 0 Å². The van der Waals surface area contributed by atoms with E-state index in [1.54, 1.807) is 25.3 Å². The molecule has 0 radical (unpaired) electrons. The first-order valence-corrected chi connectivity index (χ1v) is 8.26. The summed E-state index contributed by atoms with van der Waals surface area (Å²) in [5.41, 5.74) is 0.606. The third-order valence-electron chi connectivity index (χ3n) is 3.73. The Hall–Kier alpha value is -3.66. The van der Waals surface area contributed by atoms with Crippen molar-refractivity contribution in [2.24, 2.45) is 0 Å². The van der Waals surface area contributed by atoms with Crippen LogP contribution in [0, 0.1) is 10.1 Å². The van der Waals surface area contributed by atoms with E-state index < -0.39 is 10.9 Å². The lowest BCUT2D eigenvalue weighted by Gasteiger charge is -2.11. The first-order chi connectivity index (χ1) is 13.6. The Morgan fingerprint density at radius 1 is 1.29 bits per heavy atom. The molecular formula is C18H17N3O7. The van der Waals surface area contributed by atoms with Crippen molar-refractivity contribution in [3.05, 3.63) is 64.0 Å². The molecule has 0 aliphatic rings. The van der Waals surface area contributed by atoms with Crippen LogP contribution in [0.3, 0.4) is 0 Å². The number of nitrogens with zero attached hydrogens (tertiary/aromatic N) is 2. The van der Waals surface area contributed by atoms with Crippen molar-refractivity contribution in [3.8, 4) is 11.5 Å². The summed E-state index contributed by atoms with van der Waals surface area (Å²) in [5, 5.41) is 17.8. The zero-order valence-corrected chi connectivity index (χ0v) is 14.9. The Bertz CT molecular complexity index is 950. The molecule has 3 aromatic rings. The summed E-state index contributed by atoms with van der Waals surface area (Å²) in [6, 6.07) is 8.91. The van der Waals surface area contributed by atoms with E-state index in [2.05, 4.69) is 10.5 Å². The minimum atomic E-state index is -0.730. The molecule has 1 N–H and O–H groups in total. The van der Waals surface area contributed by atoms with Crippen LogP contribution in [0.5, 0.6) is 0 Å². The highest BCUT2D eigenvalue weighted by atomic mass is 16.6. The number of benzene rings is 1. The molecular weight excluding hydrogens is 370 g/mol. The number of carbonyl (C=O) groups is 1. The quantitative estimate of drug-likeness (QED) is 0.254. The van der Waals surface area contributed by atoms with Gasteiger partial charge in [-0.2, -0.15) is 0 Å². The van der Waals surface area contributed by atoms with Crippen molar-refractivity contribution in [1.82, 2.24) is 5.16 Å². The van der Waals surface area contributed by atoms with Gasteiger partial charge in [0.2, 0.25) is 5.76 Å². The number of carbonyl (C=O) groups excluding carboxylic acids is 1. The maximum atomic E-state index is 12.5. The second-order valence-electron chi connectivity index (χ2n) is 5.64. The summed E-state index contributed by atoms with van der Waals surface area (Å²) in [7, 11) is 1.54. The summed E-state index contributed by atoms with van der Waals surface area (Å²) in [6.45, 7) is 0.660. The third kappa shape index (κ3) is 4.54. The SMILES string of the molecule is COCCNc1ccc([N+](=O)[O-])cc1C(=O)OCc1cc(-c2ccco2)on1. The topological polar surface area (TPSA) is 130 Å². The second kappa shape index (κ2) is 8.82. The maximum Gasteiger partial charge on any atom is 0.340 e. The minimum Gasteiger partial charge on any atom is -0.461 e. The van der Waals surface area contributed by atoms with E-state index in [0.29, 0.717) is 36.1 Å². The number of hydrogen-bond donors (Lipinski definition) is 1. The zero-order valence-electron chi connectivity index (χ0n) is 14.9. The highest BCUT2D eigenvalue weighted by molar-refractivity contribution is 5.96. The van der Waals surface area contributed by atoms with Crippen LogP contribution in [0.2, 0.25) is 0 Å². The lowest BCUT2D eigenvalue weighted by Crippen LogP contribution is -2.13. The van der Waals surface area contributed by atoms with Gasteiger partial charge in [-0.15, -0.1) is 0 Å². The zero-order chi connectivity index (χ0) is 19.9. The molecule has 10 nitrogen and oxygen atoms in total. The first-order valence-electron chi connectivity index (χ1n) is 8.26. The van der Waals surface area contributed by atoms with Crippen molar-refractivity contribution >= 4 is 17.3 Å². The molecule has 0 atom stereocenters. The number of rotatable bonds is 9. The van der Waals surface area contributed by atoms with E-state index in [9.17, 15) is 14.9 Å². The second-order valence-corrected chi connectivity index (χ2v) is 5.64. The molecule has 0 bridgehead atoms. The van der Waals surface area contributed by atoms with E-state index in [4.69, 9.17) is 18.4 Å². The van der Waals surface area contributed by atoms with Gasteiger partial charge in [0.15, 0.2) is 5.76 Å². The number of anilines is 1. The Morgan fingerprint density at radius 2 is 2.14 bits per heavy atom. The number of nitrogens with one attached hydrogen (secondary N) is 1. The maximum absolute atomic E-state index is 12.5. The first kappa shape index (κ1) is 19.1. The largest absolute Gasteiger partial charge is 0.461 e. The molecule has 0 spiro atoms. The summed E-state index contributed by atoms with van der Waals surface area (Å²) < 4.78 is 20.5. The van der Waals surface area contributed by atoms with Crippen LogP contribution in [-0.2, 0) is 16.1 Å². The van der Waals surface area contributed by atoms with Gasteiger partial charge in [-0.05, 0) is 18.2 Å². The molecule has 2 heterocycles. The van der Waals surface area contributed by atoms with E-state index in [1.165, 1.54) is 18.4 Å². The average Bonchev–Trinajstić information content (AvgIpc) is 3.38. The van der Waals surface area contributed by atoms with Gasteiger partial charge in [0, 0.05) is 37.5 Å². The molecule has 0 aliphatic carbocycles. The monoisotopic (exact) mass is 387 g/mol. The number of methoxy groups -OCH3 is 1. The van der Waals surface area contributed by atoms with E-state index in [0.717, 1.165) is 6.07 Å². The number of nitro benzene ring substituents is 1. The molecule has 3 rings (SSSR count). The van der Waals surface area contributed by atoms with Gasteiger partial charge in [-0.3, -0.25) is 10.1 Å². The fourth-order valence-electron chi connectivity index (χ4n) is 2.39. The number of hydrogen-bond acceptors (Lipinski definition) is 9. The van der Waals surface area contributed by atoms with Gasteiger partial charge in [-0.25, -0.2) is 4.79 Å². The van der Waals surface area contributed by atoms with Crippen LogP contribution in [-0.4, -0.2) is 36.3 Å². The Morgan fingerprint density at radius 3 is 2.86 bits per heavy atom. The van der Waals surface area contributed by atoms with Crippen molar-refractivity contribution < 1.29 is 28.1 Å². The van der Waals surface area contributed by atoms with E-state index in [-0.39, 0.29) is 17.9 Å². The summed E-state index contributed by atoms with van der Waals surface area (Å²) in [5.74, 6) is 0.160. The summed E-state index contributed by atoms with van der Waals surface area (Å²) in [4.78, 5) is 22.9. The van der Waals surface area contributed by atoms with Gasteiger partial charge in [-0.1, -0.05) is 5.16 Å². The molecule has 0 aliphatic heterocycles. The van der Waals surface area contributed by atoms with Crippen LogP contribution in [0.15, 0.2) is 51.6 Å². The normalized spacial score (nSPS) is 10.6. The predicted molar refractivity (Wildman–Crippen MR) is 96.8 cm³/mol. The number of nitro groups is 1. The van der Waals surface area contributed by atoms with Crippen LogP contribution in [0.1, 0.15) is 16.1 Å². The summed E-state index contributed by atoms with van der Waals surface area (Å²) >= 11 is 0. The van der Waals surface area contributed by atoms with Crippen LogP contribution in [0.4, 0.5) is 11.4 Å². The number of furan rings is 1. The minimum absolute atomic E-state index is 0.0417. The average molecular weight is 387 g/mol. The lowest BCUT2D eigenvalue weighted by atomic mass is 10.1. The van der Waals surface area contributed by atoms with Crippen molar-refractivity contribution in [2.75, 3.05) is 25.6 Å². The molecule has 10 heteroatoms. The standard InChI is InChI=1S/C18H17N3O7/c1-25-8-6-19-15-5-4-13(21(23)24)10-14(15)18(22)27-11-12-9-17(28-20-12)16-3-2-7-26-16/h2-5,7,9-10,19H,6,8,11H2,1H3.